The van der Waals surface area contributed by atoms with Gasteiger partial charge in [-0.25, -0.2) is 9.79 Å². The molecule has 1 aliphatic heterocycles. The van der Waals surface area contributed by atoms with Crippen molar-refractivity contribution in [1.82, 2.24) is 4.90 Å². The number of hydrogen-bond acceptors (Lipinski definition) is 6. The summed E-state index contributed by atoms with van der Waals surface area (Å²) in [6, 6.07) is 9.48. The molecule has 0 radical (unpaired) electrons. The van der Waals surface area contributed by atoms with Crippen molar-refractivity contribution in [2.24, 2.45) is 4.99 Å². The molecule has 1 fully saturated rings. The number of carboxylic acid groups (broad SMARTS) is 1. The Kier molecular flexibility index (Phi) is 6.69. The highest BCUT2D eigenvalue weighted by molar-refractivity contribution is 8.18. The summed E-state index contributed by atoms with van der Waals surface area (Å²) in [7, 11) is 3.05. The third-order valence-electron chi connectivity index (χ3n) is 4.33. The van der Waals surface area contributed by atoms with E-state index in [0.29, 0.717) is 44.4 Å². The maximum Gasteiger partial charge on any atom is 0.335 e. The van der Waals surface area contributed by atoms with Gasteiger partial charge < -0.3 is 14.6 Å². The summed E-state index contributed by atoms with van der Waals surface area (Å²) in [6.07, 6.45) is 1.69. The molecule has 1 aliphatic rings. The Balaban J connectivity index is 1.95. The van der Waals surface area contributed by atoms with E-state index in [0.717, 1.165) is 0 Å². The average molecular weight is 447 g/mol. The van der Waals surface area contributed by atoms with Crippen LogP contribution in [-0.4, -0.2) is 47.8 Å². The molecule has 7 nitrogen and oxygen atoms in total. The van der Waals surface area contributed by atoms with Gasteiger partial charge in [0.15, 0.2) is 16.7 Å². The molecular weight excluding hydrogens is 428 g/mol. The molecule has 3 rings (SSSR count). The molecule has 2 aromatic carbocycles. The smallest absolute Gasteiger partial charge is 0.335 e. The molecule has 0 spiro atoms. The number of amidine groups is 1. The number of benzene rings is 2. The van der Waals surface area contributed by atoms with E-state index in [4.69, 9.17) is 26.2 Å². The Morgan fingerprint density at radius 3 is 2.40 bits per heavy atom. The average Bonchev–Trinajstić information content (AvgIpc) is 3.03. The molecule has 0 atom stereocenters. The number of likely N-dealkylation sites (N-methyl/N-ethyl adjacent to an activating group) is 1. The molecule has 0 saturated carbocycles. The van der Waals surface area contributed by atoms with Gasteiger partial charge in [0.25, 0.3) is 5.91 Å². The standard InChI is InChI=1S/C21H19ClN2O5S/c1-4-24-19(25)18(10-13-9-16(28-2)17(29-3)11-15(13)22)30-21(24)23-14-7-5-12(6-8-14)20(26)27/h5-11H,4H2,1-3H3,(H,26,27). The molecule has 1 heterocycles. The zero-order valence-electron chi connectivity index (χ0n) is 16.5. The van der Waals surface area contributed by atoms with E-state index in [-0.39, 0.29) is 11.5 Å². The van der Waals surface area contributed by atoms with Crippen molar-refractivity contribution in [1.29, 1.82) is 0 Å². The Labute approximate surface area is 183 Å². The summed E-state index contributed by atoms with van der Waals surface area (Å²) in [5, 5.41) is 9.94. The van der Waals surface area contributed by atoms with Gasteiger partial charge in [-0.3, -0.25) is 9.69 Å². The number of rotatable bonds is 6. The Morgan fingerprint density at radius 1 is 1.20 bits per heavy atom. The van der Waals surface area contributed by atoms with Crippen molar-refractivity contribution >= 4 is 52.2 Å². The summed E-state index contributed by atoms with van der Waals surface area (Å²) in [5.41, 5.74) is 1.34. The summed E-state index contributed by atoms with van der Waals surface area (Å²) in [5.74, 6) is -0.192. The third kappa shape index (κ3) is 4.44. The highest BCUT2D eigenvalue weighted by Gasteiger charge is 2.32. The minimum atomic E-state index is -1.01. The van der Waals surface area contributed by atoms with Gasteiger partial charge in [0, 0.05) is 12.6 Å². The van der Waals surface area contributed by atoms with Gasteiger partial charge in [0.05, 0.1) is 35.4 Å². The van der Waals surface area contributed by atoms with E-state index in [1.54, 1.807) is 35.2 Å². The Morgan fingerprint density at radius 2 is 1.83 bits per heavy atom. The van der Waals surface area contributed by atoms with Crippen LogP contribution in [0.25, 0.3) is 6.08 Å². The molecule has 0 aromatic heterocycles. The molecule has 0 bridgehead atoms. The van der Waals surface area contributed by atoms with Crippen LogP contribution < -0.4 is 9.47 Å². The Bertz CT molecular complexity index is 1050. The van der Waals surface area contributed by atoms with E-state index in [9.17, 15) is 9.59 Å². The SMILES string of the molecule is CCN1C(=O)C(=Cc2cc(OC)c(OC)cc2Cl)SC1=Nc1ccc(C(=O)O)cc1. The number of carboxylic acids is 1. The van der Waals surface area contributed by atoms with Gasteiger partial charge in [-0.15, -0.1) is 0 Å². The summed E-state index contributed by atoms with van der Waals surface area (Å²) < 4.78 is 10.5. The number of carbonyl (C=O) groups excluding carboxylic acids is 1. The lowest BCUT2D eigenvalue weighted by Crippen LogP contribution is -2.28. The second kappa shape index (κ2) is 9.23. The first-order chi connectivity index (χ1) is 14.4. The van der Waals surface area contributed by atoms with E-state index in [1.807, 2.05) is 6.92 Å². The molecule has 1 N–H and O–H groups in total. The van der Waals surface area contributed by atoms with E-state index < -0.39 is 5.97 Å². The van der Waals surface area contributed by atoms with Crippen LogP contribution in [0.1, 0.15) is 22.8 Å². The van der Waals surface area contributed by atoms with Gasteiger partial charge in [-0.2, -0.15) is 0 Å². The van der Waals surface area contributed by atoms with Crippen molar-refractivity contribution in [2.75, 3.05) is 20.8 Å². The number of halogens is 1. The first-order valence-electron chi connectivity index (χ1n) is 8.93. The molecule has 0 aliphatic carbocycles. The quantitative estimate of drug-likeness (QED) is 0.648. The fraction of sp³-hybridized carbons (Fsp3) is 0.190. The van der Waals surface area contributed by atoms with Crippen molar-refractivity contribution in [2.45, 2.75) is 6.92 Å². The number of thioether (sulfide) groups is 1. The molecular formula is C21H19ClN2O5S. The van der Waals surface area contributed by atoms with Crippen molar-refractivity contribution in [3.8, 4) is 11.5 Å². The zero-order chi connectivity index (χ0) is 21.8. The largest absolute Gasteiger partial charge is 0.493 e. The first kappa shape index (κ1) is 21.7. The number of aliphatic imine (C=N–C) groups is 1. The molecule has 1 amide bonds. The van der Waals surface area contributed by atoms with Crippen molar-refractivity contribution < 1.29 is 24.2 Å². The number of carbonyl (C=O) groups is 2. The second-order valence-electron chi connectivity index (χ2n) is 6.14. The number of hydrogen-bond donors (Lipinski definition) is 1. The van der Waals surface area contributed by atoms with Gasteiger partial charge >= 0.3 is 5.97 Å². The molecule has 156 valence electrons. The normalized spacial score (nSPS) is 16.4. The predicted molar refractivity (Wildman–Crippen MR) is 118 cm³/mol. The van der Waals surface area contributed by atoms with Gasteiger partial charge in [-0.05, 0) is 60.7 Å². The monoisotopic (exact) mass is 446 g/mol. The molecule has 30 heavy (non-hydrogen) atoms. The summed E-state index contributed by atoms with van der Waals surface area (Å²) in [4.78, 5) is 30.4. The second-order valence-corrected chi connectivity index (χ2v) is 7.55. The van der Waals surface area contributed by atoms with Crippen molar-refractivity contribution in [3.05, 3.63) is 57.5 Å². The van der Waals surface area contributed by atoms with Crippen LogP contribution >= 0.6 is 23.4 Å². The third-order valence-corrected chi connectivity index (χ3v) is 5.67. The number of methoxy groups -OCH3 is 2. The fourth-order valence-electron chi connectivity index (χ4n) is 2.78. The number of amides is 1. The van der Waals surface area contributed by atoms with Gasteiger partial charge in [0.2, 0.25) is 0 Å². The topological polar surface area (TPSA) is 88.4 Å². The Hall–Kier alpha value is -2.97. The van der Waals surface area contributed by atoms with Crippen LogP contribution in [0, 0.1) is 0 Å². The maximum atomic E-state index is 12.9. The van der Waals surface area contributed by atoms with Crippen LogP contribution in [-0.2, 0) is 4.79 Å². The maximum absolute atomic E-state index is 12.9. The lowest BCUT2D eigenvalue weighted by molar-refractivity contribution is -0.122. The van der Waals surface area contributed by atoms with Crippen LogP contribution in [0.2, 0.25) is 5.02 Å². The molecule has 0 unspecified atom stereocenters. The van der Waals surface area contributed by atoms with Crippen LogP contribution in [0.5, 0.6) is 11.5 Å². The number of ether oxygens (including phenoxy) is 2. The van der Waals surface area contributed by atoms with Crippen molar-refractivity contribution in [3.63, 3.8) is 0 Å². The van der Waals surface area contributed by atoms with E-state index >= 15 is 0 Å². The molecule has 9 heteroatoms. The summed E-state index contributed by atoms with van der Waals surface area (Å²) >= 11 is 7.57. The number of nitrogens with zero attached hydrogens (tertiary/aromatic N) is 2. The lowest BCUT2D eigenvalue weighted by atomic mass is 10.1. The van der Waals surface area contributed by atoms with Crippen LogP contribution in [0.4, 0.5) is 5.69 Å². The van der Waals surface area contributed by atoms with E-state index in [1.165, 1.54) is 38.1 Å². The summed E-state index contributed by atoms with van der Waals surface area (Å²) in [6.45, 7) is 2.29. The first-order valence-corrected chi connectivity index (χ1v) is 10.1. The van der Waals surface area contributed by atoms with Crippen LogP contribution in [0.15, 0.2) is 46.3 Å². The minimum absolute atomic E-state index is 0.171. The highest BCUT2D eigenvalue weighted by Crippen LogP contribution is 2.38. The lowest BCUT2D eigenvalue weighted by Gasteiger charge is -2.12. The van der Waals surface area contributed by atoms with Gasteiger partial charge in [0.1, 0.15) is 0 Å². The van der Waals surface area contributed by atoms with E-state index in [2.05, 4.69) is 4.99 Å². The van der Waals surface area contributed by atoms with Crippen LogP contribution in [0.3, 0.4) is 0 Å². The zero-order valence-corrected chi connectivity index (χ0v) is 18.1. The molecule has 2 aromatic rings. The highest BCUT2D eigenvalue weighted by atomic mass is 35.5. The minimum Gasteiger partial charge on any atom is -0.493 e. The number of aromatic carboxylic acids is 1. The fourth-order valence-corrected chi connectivity index (χ4v) is 4.04. The molecule has 1 saturated heterocycles. The van der Waals surface area contributed by atoms with Gasteiger partial charge in [-0.1, -0.05) is 11.6 Å². The predicted octanol–water partition coefficient (Wildman–Crippen LogP) is 4.68.